The molecule has 3 N–H and O–H groups in total. The summed E-state index contributed by atoms with van der Waals surface area (Å²) in [4.78, 5) is 18.3. The predicted octanol–water partition coefficient (Wildman–Crippen LogP) is 2.30. The highest BCUT2D eigenvalue weighted by Crippen LogP contribution is 2.29. The van der Waals surface area contributed by atoms with Crippen LogP contribution in [0.2, 0.25) is 0 Å². The number of rotatable bonds is 3. The Bertz CT molecular complexity index is 619. The first kappa shape index (κ1) is 13.2. The smallest absolute Gasteiger partial charge is 0.241 e. The Hall–Kier alpha value is -1.82. The number of hydrogen-bond acceptors (Lipinski definition) is 5. The highest BCUT2D eigenvalue weighted by Gasteiger charge is 2.16. The maximum Gasteiger partial charge on any atom is 0.241 e. The number of nitrogens with two attached hydrogens (primary N) is 1. The largest absolute Gasteiger partial charge is 0.395 e. The van der Waals surface area contributed by atoms with Crippen molar-refractivity contribution in [3.63, 3.8) is 0 Å². The molecule has 0 bridgehead atoms. The maximum absolute atomic E-state index is 12.1. The Morgan fingerprint density at radius 3 is 2.95 bits per heavy atom. The molecular weight excluding hydrogens is 272 g/mol. The van der Waals surface area contributed by atoms with Crippen LogP contribution >= 0.6 is 11.3 Å². The first-order valence-corrected chi connectivity index (χ1v) is 7.77. The van der Waals surface area contributed by atoms with E-state index in [1.165, 1.54) is 6.42 Å². The summed E-state index contributed by atoms with van der Waals surface area (Å²) in [6, 6.07) is 3.90. The Kier molecular flexibility index (Phi) is 3.73. The molecule has 0 unspecified atom stereocenters. The lowest BCUT2D eigenvalue weighted by Gasteiger charge is -2.27. The van der Waals surface area contributed by atoms with E-state index in [0.29, 0.717) is 12.2 Å². The SMILES string of the molecule is Nc1c(NCC(=O)N2CCCCC2)ccc2scnc12. The molecule has 2 aromatic rings. The summed E-state index contributed by atoms with van der Waals surface area (Å²) in [5.74, 6) is 0.141. The molecule has 106 valence electrons. The van der Waals surface area contributed by atoms with Gasteiger partial charge in [-0.25, -0.2) is 4.98 Å². The zero-order valence-corrected chi connectivity index (χ0v) is 12.1. The molecule has 1 aliphatic heterocycles. The van der Waals surface area contributed by atoms with E-state index in [1.54, 1.807) is 16.8 Å². The molecule has 1 aromatic heterocycles. The Morgan fingerprint density at radius 1 is 1.35 bits per heavy atom. The van der Waals surface area contributed by atoms with E-state index in [2.05, 4.69) is 10.3 Å². The van der Waals surface area contributed by atoms with Gasteiger partial charge in [-0.3, -0.25) is 4.79 Å². The second-order valence-electron chi connectivity index (χ2n) is 5.02. The minimum absolute atomic E-state index is 0.141. The third-order valence-electron chi connectivity index (χ3n) is 3.68. The first-order chi connectivity index (χ1) is 9.75. The van der Waals surface area contributed by atoms with Crippen molar-refractivity contribution in [1.29, 1.82) is 0 Å². The van der Waals surface area contributed by atoms with Crippen LogP contribution in [0.5, 0.6) is 0 Å². The fraction of sp³-hybridized carbons (Fsp3) is 0.429. The number of nitrogen functional groups attached to an aromatic ring is 1. The fourth-order valence-electron chi connectivity index (χ4n) is 2.53. The molecule has 0 aliphatic carbocycles. The zero-order chi connectivity index (χ0) is 13.9. The number of amides is 1. The van der Waals surface area contributed by atoms with Gasteiger partial charge in [0, 0.05) is 13.1 Å². The topological polar surface area (TPSA) is 71.2 Å². The summed E-state index contributed by atoms with van der Waals surface area (Å²) < 4.78 is 1.07. The summed E-state index contributed by atoms with van der Waals surface area (Å²) in [7, 11) is 0. The van der Waals surface area contributed by atoms with Gasteiger partial charge in [-0.15, -0.1) is 11.3 Å². The van der Waals surface area contributed by atoms with Crippen LogP contribution in [0.25, 0.3) is 10.2 Å². The molecule has 0 atom stereocenters. The Morgan fingerprint density at radius 2 is 2.15 bits per heavy atom. The minimum Gasteiger partial charge on any atom is -0.395 e. The molecule has 0 radical (unpaired) electrons. The molecule has 2 heterocycles. The van der Waals surface area contributed by atoms with Crippen molar-refractivity contribution in [3.8, 4) is 0 Å². The number of likely N-dealkylation sites (tertiary alicyclic amines) is 1. The van der Waals surface area contributed by atoms with Gasteiger partial charge in [0.25, 0.3) is 0 Å². The van der Waals surface area contributed by atoms with Gasteiger partial charge in [0.1, 0.15) is 5.52 Å². The Balaban J connectivity index is 1.67. The number of fused-ring (bicyclic) bond motifs is 1. The lowest BCUT2D eigenvalue weighted by molar-refractivity contribution is -0.130. The van der Waals surface area contributed by atoms with E-state index >= 15 is 0 Å². The summed E-state index contributed by atoms with van der Waals surface area (Å²) in [5.41, 5.74) is 10.1. The van der Waals surface area contributed by atoms with Crippen molar-refractivity contribution in [1.82, 2.24) is 9.88 Å². The van der Waals surface area contributed by atoms with Gasteiger partial charge in [-0.05, 0) is 31.4 Å². The van der Waals surface area contributed by atoms with Crippen molar-refractivity contribution in [3.05, 3.63) is 17.6 Å². The lowest BCUT2D eigenvalue weighted by atomic mass is 10.1. The summed E-state index contributed by atoms with van der Waals surface area (Å²) in [6.45, 7) is 2.04. The van der Waals surface area contributed by atoms with Crippen LogP contribution in [0.3, 0.4) is 0 Å². The van der Waals surface area contributed by atoms with Crippen molar-refractivity contribution in [2.24, 2.45) is 0 Å². The number of carbonyl (C=O) groups excluding carboxylic acids is 1. The predicted molar refractivity (Wildman–Crippen MR) is 83.0 cm³/mol. The van der Waals surface area contributed by atoms with Gasteiger partial charge in [-0.2, -0.15) is 0 Å². The summed E-state index contributed by atoms with van der Waals surface area (Å²) in [6.07, 6.45) is 3.45. The molecule has 5 nitrogen and oxygen atoms in total. The number of aromatic nitrogens is 1. The highest BCUT2D eigenvalue weighted by molar-refractivity contribution is 7.16. The van der Waals surface area contributed by atoms with E-state index in [4.69, 9.17) is 5.73 Å². The van der Waals surface area contributed by atoms with Gasteiger partial charge in [-0.1, -0.05) is 0 Å². The number of anilines is 2. The van der Waals surface area contributed by atoms with E-state index < -0.39 is 0 Å². The van der Waals surface area contributed by atoms with E-state index in [9.17, 15) is 4.79 Å². The average Bonchev–Trinajstić information content (AvgIpc) is 2.96. The van der Waals surface area contributed by atoms with E-state index in [1.807, 2.05) is 17.0 Å². The molecule has 1 aliphatic rings. The lowest BCUT2D eigenvalue weighted by Crippen LogP contribution is -2.39. The van der Waals surface area contributed by atoms with Gasteiger partial charge in [0.2, 0.25) is 5.91 Å². The van der Waals surface area contributed by atoms with Crippen molar-refractivity contribution >= 4 is 38.8 Å². The van der Waals surface area contributed by atoms with E-state index in [0.717, 1.165) is 41.8 Å². The third kappa shape index (κ3) is 2.56. The first-order valence-electron chi connectivity index (χ1n) is 6.89. The van der Waals surface area contributed by atoms with Crippen LogP contribution in [0, 0.1) is 0 Å². The van der Waals surface area contributed by atoms with Crippen LogP contribution < -0.4 is 11.1 Å². The molecule has 1 amide bonds. The molecular formula is C14H18N4OS. The number of thiazole rings is 1. The number of nitrogens with zero attached hydrogens (tertiary/aromatic N) is 2. The average molecular weight is 290 g/mol. The number of piperidine rings is 1. The molecule has 0 saturated carbocycles. The van der Waals surface area contributed by atoms with Crippen LogP contribution in [0.4, 0.5) is 11.4 Å². The minimum atomic E-state index is 0.141. The Labute approximate surface area is 121 Å². The van der Waals surface area contributed by atoms with Crippen LogP contribution in [0.15, 0.2) is 17.6 Å². The van der Waals surface area contributed by atoms with Crippen molar-refractivity contribution in [2.75, 3.05) is 30.7 Å². The zero-order valence-electron chi connectivity index (χ0n) is 11.3. The van der Waals surface area contributed by atoms with Gasteiger partial charge >= 0.3 is 0 Å². The quantitative estimate of drug-likeness (QED) is 0.851. The standard InChI is InChI=1S/C14H18N4OS/c15-13-10(4-5-11-14(13)17-9-20-11)16-8-12(19)18-6-2-1-3-7-18/h4-5,9,16H,1-3,6-8,15H2. The number of carbonyl (C=O) groups is 1. The van der Waals surface area contributed by atoms with Crippen molar-refractivity contribution in [2.45, 2.75) is 19.3 Å². The molecule has 1 aromatic carbocycles. The van der Waals surface area contributed by atoms with Crippen LogP contribution in [-0.2, 0) is 4.79 Å². The maximum atomic E-state index is 12.1. The van der Waals surface area contributed by atoms with Crippen molar-refractivity contribution < 1.29 is 4.79 Å². The molecule has 3 rings (SSSR count). The molecule has 6 heteroatoms. The fourth-order valence-corrected chi connectivity index (χ4v) is 3.22. The van der Waals surface area contributed by atoms with Crippen LogP contribution in [0.1, 0.15) is 19.3 Å². The monoisotopic (exact) mass is 290 g/mol. The normalized spacial score (nSPS) is 15.5. The number of hydrogen-bond donors (Lipinski definition) is 2. The third-order valence-corrected chi connectivity index (χ3v) is 4.47. The van der Waals surface area contributed by atoms with Crippen LogP contribution in [-0.4, -0.2) is 35.4 Å². The van der Waals surface area contributed by atoms with Gasteiger partial charge in [0.05, 0.1) is 28.1 Å². The summed E-state index contributed by atoms with van der Waals surface area (Å²) >= 11 is 1.56. The number of benzene rings is 1. The highest BCUT2D eigenvalue weighted by atomic mass is 32.1. The molecule has 1 saturated heterocycles. The molecule has 1 fully saturated rings. The second-order valence-corrected chi connectivity index (χ2v) is 5.91. The summed E-state index contributed by atoms with van der Waals surface area (Å²) in [5, 5.41) is 3.14. The molecule has 0 spiro atoms. The second kappa shape index (κ2) is 5.66. The van der Waals surface area contributed by atoms with Gasteiger partial charge < -0.3 is 16.0 Å². The van der Waals surface area contributed by atoms with Gasteiger partial charge in [0.15, 0.2) is 0 Å². The van der Waals surface area contributed by atoms with E-state index in [-0.39, 0.29) is 5.91 Å². The number of nitrogens with one attached hydrogen (secondary N) is 1. The molecule has 20 heavy (non-hydrogen) atoms.